The van der Waals surface area contributed by atoms with E-state index in [1.54, 1.807) is 0 Å². The van der Waals surface area contributed by atoms with Crippen LogP contribution in [0.2, 0.25) is 0 Å². The third-order valence-corrected chi connectivity index (χ3v) is 3.74. The van der Waals surface area contributed by atoms with Crippen LogP contribution in [0.3, 0.4) is 0 Å². The summed E-state index contributed by atoms with van der Waals surface area (Å²) >= 11 is 0. The first-order chi connectivity index (χ1) is 9.43. The summed E-state index contributed by atoms with van der Waals surface area (Å²) in [6, 6.07) is -0.189. The van der Waals surface area contributed by atoms with E-state index in [-0.39, 0.29) is 18.5 Å². The average Bonchev–Trinajstić information content (AvgIpc) is 2.36. The zero-order valence-electron chi connectivity index (χ0n) is 12.8. The number of imide groups is 1. The second kappa shape index (κ2) is 8.21. The van der Waals surface area contributed by atoms with Gasteiger partial charge in [-0.2, -0.15) is 0 Å². The van der Waals surface area contributed by atoms with E-state index in [2.05, 4.69) is 22.5 Å². The molecule has 20 heavy (non-hydrogen) atoms. The highest BCUT2D eigenvalue weighted by Crippen LogP contribution is 2.21. The molecular weight excluding hydrogens is 256 g/mol. The number of likely N-dealkylation sites (tertiary alicyclic amines) is 1. The molecule has 2 atom stereocenters. The highest BCUT2D eigenvalue weighted by Gasteiger charge is 2.28. The highest BCUT2D eigenvalue weighted by atomic mass is 16.2. The van der Waals surface area contributed by atoms with Crippen LogP contribution >= 0.6 is 0 Å². The number of urea groups is 1. The van der Waals surface area contributed by atoms with E-state index in [9.17, 15) is 9.59 Å². The Morgan fingerprint density at radius 2 is 2.10 bits per heavy atom. The first-order valence-corrected chi connectivity index (χ1v) is 7.45. The number of nitrogens with one attached hydrogen (secondary N) is 2. The van der Waals surface area contributed by atoms with Crippen LogP contribution in [0.15, 0.2) is 0 Å². The summed E-state index contributed by atoms with van der Waals surface area (Å²) in [5.41, 5.74) is 5.79. The van der Waals surface area contributed by atoms with Crippen LogP contribution in [-0.4, -0.2) is 49.1 Å². The van der Waals surface area contributed by atoms with Gasteiger partial charge in [0.25, 0.3) is 0 Å². The molecule has 2 unspecified atom stereocenters. The molecule has 1 fully saturated rings. The molecular formula is C14H28N4O2. The van der Waals surface area contributed by atoms with Crippen molar-refractivity contribution in [1.82, 2.24) is 15.5 Å². The van der Waals surface area contributed by atoms with E-state index in [0.29, 0.717) is 24.9 Å². The van der Waals surface area contributed by atoms with E-state index >= 15 is 0 Å². The number of nitrogens with two attached hydrogens (primary N) is 1. The molecule has 4 N–H and O–H groups in total. The van der Waals surface area contributed by atoms with E-state index in [1.165, 1.54) is 0 Å². The molecule has 0 aromatic carbocycles. The lowest BCUT2D eigenvalue weighted by Crippen LogP contribution is -2.53. The molecule has 6 nitrogen and oxygen atoms in total. The van der Waals surface area contributed by atoms with Gasteiger partial charge in [0.15, 0.2) is 0 Å². The molecule has 1 saturated heterocycles. The van der Waals surface area contributed by atoms with Crippen molar-refractivity contribution in [3.63, 3.8) is 0 Å². The fraction of sp³-hybridized carbons (Fsp3) is 0.857. The first-order valence-electron chi connectivity index (χ1n) is 7.45. The van der Waals surface area contributed by atoms with Gasteiger partial charge >= 0.3 is 6.03 Å². The molecule has 0 aromatic heterocycles. The second-order valence-corrected chi connectivity index (χ2v) is 6.05. The minimum absolute atomic E-state index is 0.230. The van der Waals surface area contributed by atoms with Gasteiger partial charge in [-0.1, -0.05) is 20.8 Å². The molecule has 1 rings (SSSR count). The van der Waals surface area contributed by atoms with Crippen LogP contribution in [0.5, 0.6) is 0 Å². The Labute approximate surface area is 121 Å². The van der Waals surface area contributed by atoms with Gasteiger partial charge in [-0.15, -0.1) is 0 Å². The van der Waals surface area contributed by atoms with Gasteiger partial charge < -0.3 is 11.1 Å². The van der Waals surface area contributed by atoms with Crippen molar-refractivity contribution in [3.8, 4) is 0 Å². The monoisotopic (exact) mass is 284 g/mol. The third-order valence-electron chi connectivity index (χ3n) is 3.74. The van der Waals surface area contributed by atoms with Crippen LogP contribution in [-0.2, 0) is 4.79 Å². The predicted molar refractivity (Wildman–Crippen MR) is 79.2 cm³/mol. The zero-order valence-corrected chi connectivity index (χ0v) is 12.8. The highest BCUT2D eigenvalue weighted by molar-refractivity contribution is 5.95. The summed E-state index contributed by atoms with van der Waals surface area (Å²) in [5, 5.41) is 5.04. The van der Waals surface area contributed by atoms with E-state index < -0.39 is 6.03 Å². The summed E-state index contributed by atoms with van der Waals surface area (Å²) in [6.07, 6.45) is 2.22. The summed E-state index contributed by atoms with van der Waals surface area (Å²) < 4.78 is 0. The number of piperidine rings is 1. The Hall–Kier alpha value is -1.14. The quantitative estimate of drug-likeness (QED) is 0.687. The minimum atomic E-state index is -0.418. The molecule has 0 aliphatic carbocycles. The van der Waals surface area contributed by atoms with Crippen molar-refractivity contribution < 1.29 is 9.59 Å². The molecule has 6 heteroatoms. The Morgan fingerprint density at radius 3 is 2.70 bits per heavy atom. The van der Waals surface area contributed by atoms with Gasteiger partial charge in [0.2, 0.25) is 5.91 Å². The maximum absolute atomic E-state index is 11.9. The molecule has 1 aliphatic rings. The fourth-order valence-corrected chi connectivity index (χ4v) is 2.60. The lowest BCUT2D eigenvalue weighted by atomic mass is 9.91. The smallest absolute Gasteiger partial charge is 0.321 e. The largest absolute Gasteiger partial charge is 0.338 e. The molecule has 0 bridgehead atoms. The second-order valence-electron chi connectivity index (χ2n) is 6.05. The number of nitrogens with zero attached hydrogens (tertiary/aromatic N) is 1. The molecule has 1 aliphatic heterocycles. The number of carbonyl (C=O) groups is 2. The van der Waals surface area contributed by atoms with E-state index in [4.69, 9.17) is 5.73 Å². The zero-order chi connectivity index (χ0) is 15.1. The number of carbonyl (C=O) groups excluding carboxylic acids is 2. The molecule has 0 aromatic rings. The molecule has 0 spiro atoms. The Bertz CT molecular complexity index is 333. The van der Waals surface area contributed by atoms with Gasteiger partial charge in [0.05, 0.1) is 6.54 Å². The standard InChI is InChI=1S/C14H28N4O2/c1-10(2)8-16-14(20)17-13(19)9-18-6-4-5-11(3)12(18)7-15/h10-12H,4-9,15H2,1-3H3,(H2,16,17,19,20). The number of hydrogen-bond acceptors (Lipinski definition) is 4. The number of hydrogen-bond donors (Lipinski definition) is 3. The summed E-state index contributed by atoms with van der Waals surface area (Å²) in [7, 11) is 0. The molecule has 0 saturated carbocycles. The fourth-order valence-electron chi connectivity index (χ4n) is 2.60. The molecule has 1 heterocycles. The van der Waals surface area contributed by atoms with Crippen molar-refractivity contribution in [2.45, 2.75) is 39.7 Å². The first kappa shape index (κ1) is 16.9. The van der Waals surface area contributed by atoms with Gasteiger partial charge in [0, 0.05) is 19.1 Å². The summed E-state index contributed by atoms with van der Waals surface area (Å²) in [6.45, 7) is 8.39. The lowest BCUT2D eigenvalue weighted by Gasteiger charge is -2.38. The normalized spacial score (nSPS) is 23.6. The van der Waals surface area contributed by atoms with Crippen molar-refractivity contribution in [2.24, 2.45) is 17.6 Å². The average molecular weight is 284 g/mol. The molecule has 0 radical (unpaired) electrons. The van der Waals surface area contributed by atoms with Gasteiger partial charge in [-0.25, -0.2) is 4.79 Å². The Morgan fingerprint density at radius 1 is 1.40 bits per heavy atom. The predicted octanol–water partition coefficient (Wildman–Crippen LogP) is 0.527. The SMILES string of the molecule is CC(C)CNC(=O)NC(=O)CN1CCCC(C)C1CN. The van der Waals surface area contributed by atoms with Crippen LogP contribution in [0, 0.1) is 11.8 Å². The number of amides is 3. The Kier molecular flexibility index (Phi) is 6.95. The van der Waals surface area contributed by atoms with Crippen LogP contribution in [0.1, 0.15) is 33.6 Å². The van der Waals surface area contributed by atoms with E-state index in [0.717, 1.165) is 19.4 Å². The van der Waals surface area contributed by atoms with Crippen LogP contribution in [0.25, 0.3) is 0 Å². The van der Waals surface area contributed by atoms with Crippen LogP contribution in [0.4, 0.5) is 4.79 Å². The van der Waals surface area contributed by atoms with Crippen molar-refractivity contribution in [2.75, 3.05) is 26.2 Å². The summed E-state index contributed by atoms with van der Waals surface area (Å²) in [5.74, 6) is 0.593. The topological polar surface area (TPSA) is 87.5 Å². The van der Waals surface area contributed by atoms with Gasteiger partial charge in [-0.3, -0.25) is 15.0 Å². The lowest BCUT2D eigenvalue weighted by molar-refractivity contribution is -0.122. The number of rotatable bonds is 5. The maximum Gasteiger partial charge on any atom is 0.321 e. The van der Waals surface area contributed by atoms with E-state index in [1.807, 2.05) is 13.8 Å². The third kappa shape index (κ3) is 5.46. The van der Waals surface area contributed by atoms with Crippen molar-refractivity contribution in [1.29, 1.82) is 0 Å². The summed E-state index contributed by atoms with van der Waals surface area (Å²) in [4.78, 5) is 25.5. The van der Waals surface area contributed by atoms with Gasteiger partial charge in [0.1, 0.15) is 0 Å². The Balaban J connectivity index is 2.38. The maximum atomic E-state index is 11.9. The van der Waals surface area contributed by atoms with Crippen LogP contribution < -0.4 is 16.4 Å². The minimum Gasteiger partial charge on any atom is -0.338 e. The molecule has 3 amide bonds. The van der Waals surface area contributed by atoms with Gasteiger partial charge in [-0.05, 0) is 31.2 Å². The van der Waals surface area contributed by atoms with Crippen molar-refractivity contribution in [3.05, 3.63) is 0 Å². The molecule has 116 valence electrons. The van der Waals surface area contributed by atoms with Crippen molar-refractivity contribution >= 4 is 11.9 Å².